The molecule has 0 bridgehead atoms. The summed E-state index contributed by atoms with van der Waals surface area (Å²) in [7, 11) is 0. The van der Waals surface area contributed by atoms with E-state index in [1.165, 1.54) is 0 Å². The molecule has 1 aromatic heterocycles. The molecule has 1 fully saturated rings. The van der Waals surface area contributed by atoms with Gasteiger partial charge in [-0.05, 0) is 19.0 Å². The summed E-state index contributed by atoms with van der Waals surface area (Å²) in [5.74, 6) is -0.542. The molecule has 0 saturated carbocycles. The van der Waals surface area contributed by atoms with Crippen molar-refractivity contribution in [1.29, 1.82) is 0 Å². The molecule has 1 N–H and O–H groups in total. The van der Waals surface area contributed by atoms with Gasteiger partial charge in [-0.1, -0.05) is 6.92 Å². The third kappa shape index (κ3) is 3.48. The zero-order valence-electron chi connectivity index (χ0n) is 11.0. The van der Waals surface area contributed by atoms with Crippen LogP contribution in [0, 0.1) is 5.92 Å². The fourth-order valence-corrected chi connectivity index (χ4v) is 2.38. The number of rotatable bonds is 6. The highest BCUT2D eigenvalue weighted by atomic mass is 16.5. The van der Waals surface area contributed by atoms with Crippen LogP contribution in [-0.2, 0) is 16.1 Å². The molecule has 0 spiro atoms. The van der Waals surface area contributed by atoms with Gasteiger partial charge in [-0.2, -0.15) is 0 Å². The number of nitrogens with zero attached hydrogens (tertiary/aromatic N) is 3. The van der Waals surface area contributed by atoms with Crippen LogP contribution in [0.3, 0.4) is 0 Å². The number of hydrogen-bond donors (Lipinski definition) is 1. The van der Waals surface area contributed by atoms with E-state index in [2.05, 4.69) is 21.8 Å². The van der Waals surface area contributed by atoms with E-state index in [4.69, 9.17) is 4.74 Å². The molecule has 6 heteroatoms. The molecule has 0 radical (unpaired) electrons. The second-order valence-corrected chi connectivity index (χ2v) is 4.69. The summed E-state index contributed by atoms with van der Waals surface area (Å²) in [5, 5.41) is 9.23. The molecule has 19 heavy (non-hydrogen) atoms. The lowest BCUT2D eigenvalue weighted by Gasteiger charge is -2.29. The Morgan fingerprint density at radius 3 is 2.84 bits per heavy atom. The smallest absolute Gasteiger partial charge is 0.310 e. The summed E-state index contributed by atoms with van der Waals surface area (Å²) in [6.45, 7) is 4.20. The summed E-state index contributed by atoms with van der Waals surface area (Å²) in [6.07, 6.45) is 4.36. The van der Waals surface area contributed by atoms with Crippen LogP contribution >= 0.6 is 0 Å². The molecule has 2 rings (SSSR count). The Morgan fingerprint density at radius 2 is 2.21 bits per heavy atom. The van der Waals surface area contributed by atoms with Gasteiger partial charge in [0, 0.05) is 18.4 Å². The van der Waals surface area contributed by atoms with E-state index in [0.29, 0.717) is 19.0 Å². The molecule has 0 aromatic carbocycles. The zero-order valence-corrected chi connectivity index (χ0v) is 11.0. The number of hydrogen-bond acceptors (Lipinski definition) is 5. The predicted molar refractivity (Wildman–Crippen MR) is 68.5 cm³/mol. The average molecular weight is 265 g/mol. The van der Waals surface area contributed by atoms with Gasteiger partial charge in [0.05, 0.1) is 25.7 Å². The zero-order chi connectivity index (χ0) is 13.7. The number of aliphatic carboxylic acids is 1. The summed E-state index contributed by atoms with van der Waals surface area (Å²) in [5.41, 5.74) is 0. The molecule has 0 amide bonds. The van der Waals surface area contributed by atoms with E-state index in [-0.39, 0.29) is 12.6 Å². The summed E-state index contributed by atoms with van der Waals surface area (Å²) in [6, 6.07) is 1.67. The Kier molecular flexibility index (Phi) is 4.81. The van der Waals surface area contributed by atoms with Gasteiger partial charge < -0.3 is 9.84 Å². The van der Waals surface area contributed by atoms with Gasteiger partial charge in [0.1, 0.15) is 5.82 Å². The van der Waals surface area contributed by atoms with Crippen molar-refractivity contribution < 1.29 is 14.6 Å². The van der Waals surface area contributed by atoms with E-state index >= 15 is 0 Å². The third-order valence-corrected chi connectivity index (χ3v) is 3.31. The minimum absolute atomic E-state index is 0.0961. The SMILES string of the molecule is CCCN(Cc1ncccn1)C1COCC1C(=O)O. The molecule has 6 nitrogen and oxygen atoms in total. The van der Waals surface area contributed by atoms with Crippen LogP contribution in [-0.4, -0.2) is 51.7 Å². The third-order valence-electron chi connectivity index (χ3n) is 3.31. The van der Waals surface area contributed by atoms with Crippen molar-refractivity contribution in [2.75, 3.05) is 19.8 Å². The second kappa shape index (κ2) is 6.58. The van der Waals surface area contributed by atoms with Crippen LogP contribution in [0.4, 0.5) is 0 Å². The first-order chi connectivity index (χ1) is 9.22. The number of carboxylic acid groups (broad SMARTS) is 1. The van der Waals surface area contributed by atoms with Crippen LogP contribution in [0.2, 0.25) is 0 Å². The molecule has 2 atom stereocenters. The predicted octanol–water partition coefficient (Wildman–Crippen LogP) is 0.788. The monoisotopic (exact) mass is 265 g/mol. The van der Waals surface area contributed by atoms with Crippen LogP contribution in [0.5, 0.6) is 0 Å². The molecular weight excluding hydrogens is 246 g/mol. The normalized spacial score (nSPS) is 22.8. The molecule has 0 aliphatic carbocycles. The highest BCUT2D eigenvalue weighted by Gasteiger charge is 2.37. The van der Waals surface area contributed by atoms with Gasteiger partial charge in [0.25, 0.3) is 0 Å². The Hall–Kier alpha value is -1.53. The molecular formula is C13H19N3O3. The standard InChI is InChI=1S/C13H19N3O3/c1-2-6-16(7-12-14-4-3-5-15-12)11-9-19-8-10(11)13(17)18/h3-5,10-11H,2,6-9H2,1H3,(H,17,18). The molecule has 2 heterocycles. The lowest BCUT2D eigenvalue weighted by Crippen LogP contribution is -2.43. The lowest BCUT2D eigenvalue weighted by molar-refractivity contribution is -0.143. The van der Waals surface area contributed by atoms with Crippen LogP contribution in [0.25, 0.3) is 0 Å². The maximum Gasteiger partial charge on any atom is 0.310 e. The highest BCUT2D eigenvalue weighted by Crippen LogP contribution is 2.21. The van der Waals surface area contributed by atoms with Crippen LogP contribution in [0.15, 0.2) is 18.5 Å². The fraction of sp³-hybridized carbons (Fsp3) is 0.615. The fourth-order valence-electron chi connectivity index (χ4n) is 2.38. The minimum atomic E-state index is -0.794. The van der Waals surface area contributed by atoms with E-state index < -0.39 is 11.9 Å². The summed E-state index contributed by atoms with van der Waals surface area (Å²) < 4.78 is 5.33. The number of ether oxygens (including phenoxy) is 1. The van der Waals surface area contributed by atoms with Gasteiger partial charge in [-0.15, -0.1) is 0 Å². The largest absolute Gasteiger partial charge is 0.481 e. The highest BCUT2D eigenvalue weighted by molar-refractivity contribution is 5.71. The van der Waals surface area contributed by atoms with Gasteiger partial charge in [0.15, 0.2) is 0 Å². The summed E-state index contributed by atoms with van der Waals surface area (Å²) in [4.78, 5) is 21.7. The van der Waals surface area contributed by atoms with Crippen LogP contribution < -0.4 is 0 Å². The van der Waals surface area contributed by atoms with Gasteiger partial charge in [0.2, 0.25) is 0 Å². The number of aromatic nitrogens is 2. The van der Waals surface area contributed by atoms with E-state index in [0.717, 1.165) is 13.0 Å². The van der Waals surface area contributed by atoms with Crippen molar-refractivity contribution >= 4 is 5.97 Å². The van der Waals surface area contributed by atoms with Crippen LogP contribution in [0.1, 0.15) is 19.2 Å². The van der Waals surface area contributed by atoms with Crippen molar-refractivity contribution in [1.82, 2.24) is 14.9 Å². The van der Waals surface area contributed by atoms with Gasteiger partial charge in [-0.25, -0.2) is 9.97 Å². The number of carboxylic acids is 1. The first kappa shape index (κ1) is 13.9. The Morgan fingerprint density at radius 1 is 1.47 bits per heavy atom. The maximum absolute atomic E-state index is 11.2. The van der Waals surface area contributed by atoms with E-state index in [9.17, 15) is 9.90 Å². The van der Waals surface area contributed by atoms with Crippen molar-refractivity contribution in [3.05, 3.63) is 24.3 Å². The summed E-state index contributed by atoms with van der Waals surface area (Å²) >= 11 is 0. The quantitative estimate of drug-likeness (QED) is 0.819. The number of carbonyl (C=O) groups is 1. The maximum atomic E-state index is 11.2. The minimum Gasteiger partial charge on any atom is -0.481 e. The van der Waals surface area contributed by atoms with Gasteiger partial charge >= 0.3 is 5.97 Å². The van der Waals surface area contributed by atoms with E-state index in [1.807, 2.05) is 0 Å². The first-order valence-electron chi connectivity index (χ1n) is 6.53. The molecule has 1 aromatic rings. The van der Waals surface area contributed by atoms with Crippen molar-refractivity contribution in [2.24, 2.45) is 5.92 Å². The molecule has 1 aliphatic rings. The van der Waals surface area contributed by atoms with E-state index in [1.54, 1.807) is 18.5 Å². The topological polar surface area (TPSA) is 75.5 Å². The second-order valence-electron chi connectivity index (χ2n) is 4.69. The Balaban J connectivity index is 2.09. The molecule has 104 valence electrons. The van der Waals surface area contributed by atoms with Gasteiger partial charge in [-0.3, -0.25) is 9.69 Å². The average Bonchev–Trinajstić information content (AvgIpc) is 2.89. The van der Waals surface area contributed by atoms with Crippen molar-refractivity contribution in [3.63, 3.8) is 0 Å². The Labute approximate surface area is 112 Å². The Bertz CT molecular complexity index is 413. The first-order valence-corrected chi connectivity index (χ1v) is 6.53. The van der Waals surface area contributed by atoms with Crippen molar-refractivity contribution in [2.45, 2.75) is 25.9 Å². The molecule has 1 saturated heterocycles. The van der Waals surface area contributed by atoms with Crippen molar-refractivity contribution in [3.8, 4) is 0 Å². The molecule has 2 unspecified atom stereocenters. The lowest BCUT2D eigenvalue weighted by atomic mass is 10.0. The molecule has 1 aliphatic heterocycles.